The van der Waals surface area contributed by atoms with Crippen LogP contribution in [0.4, 0.5) is 0 Å². The number of amides is 2. The van der Waals surface area contributed by atoms with E-state index in [9.17, 15) is 14.4 Å². The number of carbonyl (C=O) groups excluding carboxylic acids is 3. The van der Waals surface area contributed by atoms with Crippen LogP contribution in [0.5, 0.6) is 5.88 Å². The van der Waals surface area contributed by atoms with Crippen molar-refractivity contribution in [2.75, 3.05) is 14.2 Å². The van der Waals surface area contributed by atoms with Crippen molar-refractivity contribution in [2.24, 2.45) is 0 Å². The Morgan fingerprint density at radius 1 is 0.967 bits per heavy atom. The van der Waals surface area contributed by atoms with Gasteiger partial charge in [0, 0.05) is 31.0 Å². The maximum atomic E-state index is 12.3. The monoisotopic (exact) mass is 413 g/mol. The van der Waals surface area contributed by atoms with Crippen LogP contribution in [0.15, 0.2) is 48.7 Å². The maximum absolute atomic E-state index is 12.3. The van der Waals surface area contributed by atoms with Crippen molar-refractivity contribution in [1.29, 1.82) is 0 Å². The first kappa shape index (κ1) is 22.9. The molecule has 0 aliphatic heterocycles. The summed E-state index contributed by atoms with van der Waals surface area (Å²) in [5.41, 5.74) is 1.64. The zero-order chi connectivity index (χ0) is 21.9. The fraction of sp³-hybridized carbons (Fsp3) is 0.364. The molecule has 2 atom stereocenters. The van der Waals surface area contributed by atoms with Crippen LogP contribution in [0.2, 0.25) is 0 Å². The number of hydrogen-bond donors (Lipinski definition) is 2. The molecule has 0 saturated heterocycles. The molecule has 1 aromatic heterocycles. The van der Waals surface area contributed by atoms with Gasteiger partial charge in [-0.1, -0.05) is 36.4 Å². The zero-order valence-electron chi connectivity index (χ0n) is 17.4. The largest absolute Gasteiger partial charge is 0.481 e. The van der Waals surface area contributed by atoms with Crippen LogP contribution < -0.4 is 15.4 Å². The van der Waals surface area contributed by atoms with E-state index >= 15 is 0 Å². The highest BCUT2D eigenvalue weighted by molar-refractivity contribution is 5.87. The van der Waals surface area contributed by atoms with E-state index in [0.717, 1.165) is 5.56 Å². The fourth-order valence-electron chi connectivity index (χ4n) is 2.95. The fourth-order valence-corrected chi connectivity index (χ4v) is 2.95. The summed E-state index contributed by atoms with van der Waals surface area (Å²) in [5.74, 6) is -0.882. The molecule has 0 aliphatic carbocycles. The Labute approximate surface area is 176 Å². The quantitative estimate of drug-likeness (QED) is 0.577. The second-order valence-corrected chi connectivity index (χ2v) is 6.72. The highest BCUT2D eigenvalue weighted by Gasteiger charge is 2.24. The SMILES string of the molecule is COC(=O)[C@@H](Cc1cccnc1OC)NC(=O)CCC(=O)N[C@H](C)c1ccccc1. The van der Waals surface area contributed by atoms with Crippen LogP contribution in [0.3, 0.4) is 0 Å². The number of aromatic nitrogens is 1. The average Bonchev–Trinajstić information content (AvgIpc) is 2.77. The molecule has 2 N–H and O–H groups in total. The summed E-state index contributed by atoms with van der Waals surface area (Å²) in [4.78, 5) is 40.7. The normalized spacial score (nSPS) is 12.4. The number of hydrogen-bond acceptors (Lipinski definition) is 6. The lowest BCUT2D eigenvalue weighted by molar-refractivity contribution is -0.145. The van der Waals surface area contributed by atoms with Gasteiger partial charge in [0.15, 0.2) is 0 Å². The number of esters is 1. The van der Waals surface area contributed by atoms with E-state index in [0.29, 0.717) is 11.4 Å². The molecule has 0 unspecified atom stereocenters. The summed E-state index contributed by atoms with van der Waals surface area (Å²) in [6, 6.07) is 11.9. The first-order chi connectivity index (χ1) is 14.4. The number of methoxy groups -OCH3 is 2. The summed E-state index contributed by atoms with van der Waals surface area (Å²) in [7, 11) is 2.73. The predicted octanol–water partition coefficient (Wildman–Crippen LogP) is 1.95. The first-order valence-electron chi connectivity index (χ1n) is 9.64. The smallest absolute Gasteiger partial charge is 0.328 e. The van der Waals surface area contributed by atoms with E-state index in [2.05, 4.69) is 15.6 Å². The van der Waals surface area contributed by atoms with Crippen molar-refractivity contribution >= 4 is 17.8 Å². The summed E-state index contributed by atoms with van der Waals surface area (Å²) in [6.07, 6.45) is 1.69. The minimum absolute atomic E-state index is 0.00706. The summed E-state index contributed by atoms with van der Waals surface area (Å²) in [5, 5.41) is 5.49. The molecule has 0 bridgehead atoms. The second kappa shape index (κ2) is 11.5. The Kier molecular flexibility index (Phi) is 8.80. The van der Waals surface area contributed by atoms with Crippen LogP contribution in [-0.4, -0.2) is 43.0 Å². The highest BCUT2D eigenvalue weighted by atomic mass is 16.5. The van der Waals surface area contributed by atoms with Gasteiger partial charge in [-0.05, 0) is 18.6 Å². The summed E-state index contributed by atoms with van der Waals surface area (Å²) in [6.45, 7) is 1.88. The van der Waals surface area contributed by atoms with E-state index in [4.69, 9.17) is 9.47 Å². The van der Waals surface area contributed by atoms with Crippen LogP contribution in [-0.2, 0) is 25.5 Å². The molecular weight excluding hydrogens is 386 g/mol. The van der Waals surface area contributed by atoms with Gasteiger partial charge in [0.1, 0.15) is 6.04 Å². The van der Waals surface area contributed by atoms with Crippen molar-refractivity contribution < 1.29 is 23.9 Å². The molecule has 2 aromatic rings. The lowest BCUT2D eigenvalue weighted by atomic mass is 10.1. The third kappa shape index (κ3) is 6.88. The van der Waals surface area contributed by atoms with Gasteiger partial charge in [-0.15, -0.1) is 0 Å². The number of benzene rings is 1. The molecule has 1 heterocycles. The van der Waals surface area contributed by atoms with Crippen molar-refractivity contribution in [2.45, 2.75) is 38.3 Å². The van der Waals surface area contributed by atoms with Crippen molar-refractivity contribution in [1.82, 2.24) is 15.6 Å². The number of nitrogens with one attached hydrogen (secondary N) is 2. The molecule has 0 radical (unpaired) electrons. The minimum Gasteiger partial charge on any atom is -0.481 e. The highest BCUT2D eigenvalue weighted by Crippen LogP contribution is 2.16. The Morgan fingerprint density at radius 2 is 1.63 bits per heavy atom. The maximum Gasteiger partial charge on any atom is 0.328 e. The molecule has 0 fully saturated rings. The molecule has 160 valence electrons. The van der Waals surface area contributed by atoms with Gasteiger partial charge in [0.05, 0.1) is 20.3 Å². The first-order valence-corrected chi connectivity index (χ1v) is 9.64. The zero-order valence-corrected chi connectivity index (χ0v) is 17.4. The molecule has 0 saturated carbocycles. The standard InChI is InChI=1S/C22H27N3O5/c1-15(16-8-5-4-6-9-16)24-19(26)11-12-20(27)25-18(22(28)30-3)14-17-10-7-13-23-21(17)29-2/h4-10,13,15,18H,11-12,14H2,1-3H3,(H,24,26)(H,25,27)/t15-,18-/m1/s1. The Bertz CT molecular complexity index is 857. The number of nitrogens with zero attached hydrogens (tertiary/aromatic N) is 1. The number of pyridine rings is 1. The van der Waals surface area contributed by atoms with E-state index in [-0.39, 0.29) is 31.2 Å². The van der Waals surface area contributed by atoms with E-state index in [1.807, 2.05) is 37.3 Å². The van der Waals surface area contributed by atoms with Gasteiger partial charge in [0.2, 0.25) is 17.7 Å². The van der Waals surface area contributed by atoms with Crippen LogP contribution in [0, 0.1) is 0 Å². The van der Waals surface area contributed by atoms with Crippen LogP contribution in [0.1, 0.15) is 36.9 Å². The van der Waals surface area contributed by atoms with Gasteiger partial charge in [-0.25, -0.2) is 9.78 Å². The topological polar surface area (TPSA) is 107 Å². The number of rotatable bonds is 10. The summed E-state index contributed by atoms with van der Waals surface area (Å²) >= 11 is 0. The van der Waals surface area contributed by atoms with Gasteiger partial charge >= 0.3 is 5.97 Å². The van der Waals surface area contributed by atoms with Gasteiger partial charge in [0.25, 0.3) is 0 Å². The van der Waals surface area contributed by atoms with E-state index in [1.165, 1.54) is 14.2 Å². The Balaban J connectivity index is 1.89. The molecular formula is C22H27N3O5. The lowest BCUT2D eigenvalue weighted by Crippen LogP contribution is -2.43. The minimum atomic E-state index is -0.910. The number of ether oxygens (including phenoxy) is 2. The van der Waals surface area contributed by atoms with Gasteiger partial charge < -0.3 is 20.1 Å². The van der Waals surface area contributed by atoms with E-state index < -0.39 is 17.9 Å². The molecule has 30 heavy (non-hydrogen) atoms. The van der Waals surface area contributed by atoms with Gasteiger partial charge in [-0.2, -0.15) is 0 Å². The molecule has 8 nitrogen and oxygen atoms in total. The molecule has 2 amide bonds. The molecule has 0 spiro atoms. The molecule has 2 rings (SSSR count). The third-order valence-electron chi connectivity index (χ3n) is 4.54. The molecule has 1 aromatic carbocycles. The van der Waals surface area contributed by atoms with Crippen molar-refractivity contribution in [3.63, 3.8) is 0 Å². The number of carbonyl (C=O) groups is 3. The molecule has 8 heteroatoms. The van der Waals surface area contributed by atoms with E-state index in [1.54, 1.807) is 18.3 Å². The second-order valence-electron chi connectivity index (χ2n) is 6.72. The Hall–Kier alpha value is -3.42. The van der Waals surface area contributed by atoms with Crippen molar-refractivity contribution in [3.8, 4) is 5.88 Å². The van der Waals surface area contributed by atoms with Gasteiger partial charge in [-0.3, -0.25) is 9.59 Å². The predicted molar refractivity (Wildman–Crippen MR) is 111 cm³/mol. The van der Waals surface area contributed by atoms with Crippen LogP contribution >= 0.6 is 0 Å². The van der Waals surface area contributed by atoms with Crippen LogP contribution in [0.25, 0.3) is 0 Å². The molecule has 0 aliphatic rings. The average molecular weight is 413 g/mol. The summed E-state index contributed by atoms with van der Waals surface area (Å²) < 4.78 is 9.98. The lowest BCUT2D eigenvalue weighted by Gasteiger charge is -2.18. The third-order valence-corrected chi connectivity index (χ3v) is 4.54. The Morgan fingerprint density at radius 3 is 2.27 bits per heavy atom. The van der Waals surface area contributed by atoms with Crippen molar-refractivity contribution in [3.05, 3.63) is 59.8 Å².